The average Bonchev–Trinajstić information content (AvgIpc) is 2.20. The molecule has 94 valence electrons. The molecular weight excluding hydrogens is 280 g/mol. The number of benzene rings is 1. The molecule has 0 amide bonds. The van der Waals surface area contributed by atoms with E-state index in [9.17, 15) is 0 Å². The lowest BCUT2D eigenvalue weighted by molar-refractivity contribution is 0.818. The van der Waals surface area contributed by atoms with Gasteiger partial charge in [-0.25, -0.2) is 10.8 Å². The molecule has 4 N–H and O–H groups in total. The molecule has 0 aliphatic rings. The fourth-order valence-electron chi connectivity index (χ4n) is 1.59. The van der Waals surface area contributed by atoms with Crippen LogP contribution in [0.2, 0.25) is 0 Å². The third-order valence-electron chi connectivity index (χ3n) is 2.26. The second kappa shape index (κ2) is 6.02. The summed E-state index contributed by atoms with van der Waals surface area (Å²) in [7, 11) is 0. The number of hydrazine groups is 1. The molecule has 4 nitrogen and oxygen atoms in total. The molecule has 0 radical (unpaired) electrons. The molecule has 0 saturated carbocycles. The molecule has 5 heteroatoms. The molecule has 0 aliphatic carbocycles. The Morgan fingerprint density at radius 3 is 2.24 bits per heavy atom. The Labute approximate surface area is 111 Å². The standard InChI is InChI=1S/C12H19BrN4/c1-7(2)15-12(17-14)16-11-8(3)5-10(13)6-9(11)4/h5-7H,14H2,1-4H3,(H2,15,16,17). The van der Waals surface area contributed by atoms with Crippen molar-refractivity contribution in [3.63, 3.8) is 0 Å². The summed E-state index contributed by atoms with van der Waals surface area (Å²) in [6, 6.07) is 4.29. The molecular formula is C12H19BrN4. The number of nitrogens with one attached hydrogen (secondary N) is 2. The monoisotopic (exact) mass is 298 g/mol. The first-order chi connectivity index (χ1) is 7.93. The highest BCUT2D eigenvalue weighted by Crippen LogP contribution is 2.24. The highest BCUT2D eigenvalue weighted by atomic mass is 79.9. The Morgan fingerprint density at radius 2 is 1.82 bits per heavy atom. The highest BCUT2D eigenvalue weighted by molar-refractivity contribution is 9.10. The summed E-state index contributed by atoms with van der Waals surface area (Å²) in [5.74, 6) is 6.02. The van der Waals surface area contributed by atoms with Gasteiger partial charge >= 0.3 is 0 Å². The van der Waals surface area contributed by atoms with Gasteiger partial charge < -0.3 is 5.32 Å². The summed E-state index contributed by atoms with van der Waals surface area (Å²) < 4.78 is 1.07. The SMILES string of the molecule is Cc1cc(Br)cc(C)c1NC(=NC(C)C)NN. The van der Waals surface area contributed by atoms with Crippen LogP contribution in [-0.4, -0.2) is 12.0 Å². The second-order valence-corrected chi connectivity index (χ2v) is 5.17. The summed E-state index contributed by atoms with van der Waals surface area (Å²) in [4.78, 5) is 4.35. The quantitative estimate of drug-likeness (QED) is 0.340. The molecule has 0 aliphatic heterocycles. The van der Waals surface area contributed by atoms with Crippen LogP contribution in [0, 0.1) is 13.8 Å². The van der Waals surface area contributed by atoms with Gasteiger partial charge in [0.05, 0.1) is 0 Å². The Balaban J connectivity index is 3.02. The topological polar surface area (TPSA) is 62.4 Å². The summed E-state index contributed by atoms with van der Waals surface area (Å²) in [5, 5.41) is 3.22. The van der Waals surface area contributed by atoms with E-state index in [1.165, 1.54) is 0 Å². The molecule has 17 heavy (non-hydrogen) atoms. The molecule has 0 atom stereocenters. The first-order valence-corrected chi connectivity index (χ1v) is 6.31. The molecule has 1 rings (SSSR count). The van der Waals surface area contributed by atoms with Crippen molar-refractivity contribution < 1.29 is 0 Å². The van der Waals surface area contributed by atoms with Gasteiger partial charge in [0, 0.05) is 16.2 Å². The van der Waals surface area contributed by atoms with Gasteiger partial charge in [-0.1, -0.05) is 15.9 Å². The zero-order chi connectivity index (χ0) is 13.0. The van der Waals surface area contributed by atoms with Gasteiger partial charge in [-0.3, -0.25) is 5.43 Å². The smallest absolute Gasteiger partial charge is 0.210 e. The number of aryl methyl sites for hydroxylation is 2. The van der Waals surface area contributed by atoms with E-state index in [2.05, 4.69) is 43.8 Å². The van der Waals surface area contributed by atoms with Crippen molar-refractivity contribution in [3.8, 4) is 0 Å². The first kappa shape index (κ1) is 14.0. The summed E-state index contributed by atoms with van der Waals surface area (Å²) >= 11 is 3.47. The van der Waals surface area contributed by atoms with Crippen molar-refractivity contribution in [3.05, 3.63) is 27.7 Å². The molecule has 0 unspecified atom stereocenters. The molecule has 1 aromatic carbocycles. The van der Waals surface area contributed by atoms with Crippen LogP contribution in [0.25, 0.3) is 0 Å². The number of hydrogen-bond acceptors (Lipinski definition) is 2. The molecule has 0 bridgehead atoms. The van der Waals surface area contributed by atoms with Gasteiger partial charge in [0.2, 0.25) is 5.96 Å². The Bertz CT molecular complexity index is 404. The van der Waals surface area contributed by atoms with Crippen LogP contribution in [0.3, 0.4) is 0 Å². The minimum atomic E-state index is 0.185. The number of hydrogen-bond donors (Lipinski definition) is 3. The van der Waals surface area contributed by atoms with E-state index in [4.69, 9.17) is 5.84 Å². The van der Waals surface area contributed by atoms with Crippen molar-refractivity contribution in [1.29, 1.82) is 0 Å². The number of rotatable bonds is 2. The van der Waals surface area contributed by atoms with E-state index < -0.39 is 0 Å². The fraction of sp³-hybridized carbons (Fsp3) is 0.417. The minimum Gasteiger partial charge on any atom is -0.325 e. The van der Waals surface area contributed by atoms with E-state index in [-0.39, 0.29) is 6.04 Å². The van der Waals surface area contributed by atoms with Crippen LogP contribution in [0.5, 0.6) is 0 Å². The van der Waals surface area contributed by atoms with Gasteiger partial charge in [0.25, 0.3) is 0 Å². The van der Waals surface area contributed by atoms with Crippen LogP contribution in [0.15, 0.2) is 21.6 Å². The minimum absolute atomic E-state index is 0.185. The Kier molecular flexibility index (Phi) is 4.96. The first-order valence-electron chi connectivity index (χ1n) is 5.52. The van der Waals surface area contributed by atoms with E-state index >= 15 is 0 Å². The zero-order valence-electron chi connectivity index (χ0n) is 10.6. The van der Waals surface area contributed by atoms with Crippen molar-refractivity contribution >= 4 is 27.6 Å². The predicted molar refractivity (Wildman–Crippen MR) is 77.1 cm³/mol. The van der Waals surface area contributed by atoms with E-state index in [0.29, 0.717) is 5.96 Å². The van der Waals surface area contributed by atoms with Crippen LogP contribution in [-0.2, 0) is 0 Å². The number of halogens is 1. The number of aliphatic imine (C=N–C) groups is 1. The number of nitrogens with two attached hydrogens (primary N) is 1. The number of anilines is 1. The lowest BCUT2D eigenvalue weighted by Gasteiger charge is -2.15. The van der Waals surface area contributed by atoms with Crippen molar-refractivity contribution in [2.24, 2.45) is 10.8 Å². The maximum absolute atomic E-state index is 5.45. The van der Waals surface area contributed by atoms with Crippen molar-refractivity contribution in [2.75, 3.05) is 5.32 Å². The number of guanidine groups is 1. The average molecular weight is 299 g/mol. The van der Waals surface area contributed by atoms with Crippen LogP contribution in [0.4, 0.5) is 5.69 Å². The van der Waals surface area contributed by atoms with Gasteiger partial charge in [0.15, 0.2) is 0 Å². The third-order valence-corrected chi connectivity index (χ3v) is 2.72. The van der Waals surface area contributed by atoms with Gasteiger partial charge in [0.1, 0.15) is 0 Å². The Hall–Kier alpha value is -1.07. The highest BCUT2D eigenvalue weighted by Gasteiger charge is 2.06. The molecule has 0 heterocycles. The van der Waals surface area contributed by atoms with Crippen LogP contribution in [0.1, 0.15) is 25.0 Å². The second-order valence-electron chi connectivity index (χ2n) is 4.26. The van der Waals surface area contributed by atoms with Crippen molar-refractivity contribution in [2.45, 2.75) is 33.7 Å². The van der Waals surface area contributed by atoms with Gasteiger partial charge in [-0.15, -0.1) is 0 Å². The molecule has 0 saturated heterocycles. The van der Waals surface area contributed by atoms with E-state index in [0.717, 1.165) is 21.3 Å². The van der Waals surface area contributed by atoms with Crippen molar-refractivity contribution in [1.82, 2.24) is 5.43 Å². The molecule has 0 spiro atoms. The predicted octanol–water partition coefficient (Wildman–Crippen LogP) is 2.71. The fourth-order valence-corrected chi connectivity index (χ4v) is 2.28. The summed E-state index contributed by atoms with van der Waals surface area (Å²) in [6.45, 7) is 8.09. The van der Waals surface area contributed by atoms with Gasteiger partial charge in [-0.05, 0) is 51.0 Å². The lowest BCUT2D eigenvalue weighted by Crippen LogP contribution is -2.37. The maximum Gasteiger partial charge on any atom is 0.210 e. The normalized spacial score (nSPS) is 11.8. The maximum atomic E-state index is 5.45. The van der Waals surface area contributed by atoms with E-state index in [1.807, 2.05) is 27.7 Å². The summed E-state index contributed by atoms with van der Waals surface area (Å²) in [6.07, 6.45) is 0. The number of nitrogens with zero attached hydrogens (tertiary/aromatic N) is 1. The van der Waals surface area contributed by atoms with E-state index in [1.54, 1.807) is 0 Å². The zero-order valence-corrected chi connectivity index (χ0v) is 12.2. The molecule has 0 aromatic heterocycles. The summed E-state index contributed by atoms with van der Waals surface area (Å²) in [5.41, 5.74) is 5.90. The Morgan fingerprint density at radius 1 is 1.29 bits per heavy atom. The lowest BCUT2D eigenvalue weighted by atomic mass is 10.1. The van der Waals surface area contributed by atoms with Crippen LogP contribution < -0.4 is 16.6 Å². The van der Waals surface area contributed by atoms with Gasteiger partial charge in [-0.2, -0.15) is 0 Å². The third kappa shape index (κ3) is 4.02. The molecule has 1 aromatic rings. The molecule has 0 fully saturated rings. The van der Waals surface area contributed by atoms with Crippen LogP contribution >= 0.6 is 15.9 Å². The largest absolute Gasteiger partial charge is 0.325 e.